The summed E-state index contributed by atoms with van der Waals surface area (Å²) in [4.78, 5) is 4.51. The summed E-state index contributed by atoms with van der Waals surface area (Å²) in [6.07, 6.45) is 11.2. The van der Waals surface area contributed by atoms with Crippen LogP contribution in [0.4, 0.5) is 5.82 Å². The van der Waals surface area contributed by atoms with Crippen molar-refractivity contribution in [2.75, 3.05) is 18.4 Å². The zero-order valence-corrected chi connectivity index (χ0v) is 13.5. The Labute approximate surface area is 136 Å². The van der Waals surface area contributed by atoms with Crippen molar-refractivity contribution in [3.8, 4) is 0 Å². The molecule has 7 heteroatoms. The lowest BCUT2D eigenvalue weighted by atomic mass is 10.2. The van der Waals surface area contributed by atoms with Gasteiger partial charge in [-0.1, -0.05) is 12.8 Å². The van der Waals surface area contributed by atoms with Crippen molar-refractivity contribution < 1.29 is 0 Å². The van der Waals surface area contributed by atoms with E-state index in [1.807, 2.05) is 25.4 Å². The molecule has 7 nitrogen and oxygen atoms in total. The van der Waals surface area contributed by atoms with Gasteiger partial charge in [-0.15, -0.1) is 0 Å². The maximum atomic E-state index is 4.51. The largest absolute Gasteiger partial charge is 0.323 e. The van der Waals surface area contributed by atoms with Crippen LogP contribution in [0, 0.1) is 6.92 Å². The van der Waals surface area contributed by atoms with Gasteiger partial charge in [0.25, 0.3) is 0 Å². The van der Waals surface area contributed by atoms with E-state index < -0.39 is 0 Å². The van der Waals surface area contributed by atoms with Crippen LogP contribution in [-0.4, -0.2) is 42.9 Å². The third-order valence-corrected chi connectivity index (χ3v) is 4.46. The predicted octanol–water partition coefficient (Wildman–Crippen LogP) is 2.39. The molecule has 0 atom stereocenters. The molecule has 2 aliphatic rings. The number of fused-ring (bicyclic) bond motifs is 1. The second-order valence-corrected chi connectivity index (χ2v) is 6.25. The summed E-state index contributed by atoms with van der Waals surface area (Å²) in [5, 5.41) is 15.4. The minimum absolute atomic E-state index is 0.817. The Morgan fingerprint density at radius 1 is 1.17 bits per heavy atom. The van der Waals surface area contributed by atoms with Crippen molar-refractivity contribution in [1.82, 2.24) is 29.8 Å². The van der Waals surface area contributed by atoms with Crippen molar-refractivity contribution in [2.45, 2.75) is 39.2 Å². The van der Waals surface area contributed by atoms with Crippen LogP contribution >= 0.6 is 0 Å². The Hall–Kier alpha value is -2.28. The molecule has 0 spiro atoms. The molecule has 0 unspecified atom stereocenters. The van der Waals surface area contributed by atoms with Crippen LogP contribution in [0.1, 0.15) is 37.2 Å². The van der Waals surface area contributed by atoms with E-state index in [2.05, 4.69) is 41.3 Å². The van der Waals surface area contributed by atoms with Gasteiger partial charge in [0, 0.05) is 37.2 Å². The van der Waals surface area contributed by atoms with Gasteiger partial charge in [0.05, 0.1) is 12.7 Å². The number of aromatic amines is 1. The fourth-order valence-electron chi connectivity index (χ4n) is 3.26. The van der Waals surface area contributed by atoms with Gasteiger partial charge in [0.1, 0.15) is 11.6 Å². The van der Waals surface area contributed by atoms with Gasteiger partial charge < -0.3 is 10.3 Å². The number of anilines is 1. The molecule has 0 saturated carbocycles. The first kappa shape index (κ1) is 14.3. The summed E-state index contributed by atoms with van der Waals surface area (Å²) in [7, 11) is 0. The van der Waals surface area contributed by atoms with Gasteiger partial charge in [0.15, 0.2) is 5.82 Å². The smallest absolute Gasteiger partial charge is 0.153 e. The van der Waals surface area contributed by atoms with Crippen LogP contribution < -0.4 is 5.32 Å². The summed E-state index contributed by atoms with van der Waals surface area (Å²) >= 11 is 0. The average molecular weight is 313 g/mol. The molecule has 2 aromatic heterocycles. The van der Waals surface area contributed by atoms with E-state index in [0.29, 0.717) is 0 Å². The summed E-state index contributed by atoms with van der Waals surface area (Å²) in [5.41, 5.74) is 1.04. The van der Waals surface area contributed by atoms with Gasteiger partial charge in [-0.05, 0) is 19.8 Å². The second-order valence-electron chi connectivity index (χ2n) is 6.25. The number of imidazole rings is 1. The highest BCUT2D eigenvalue weighted by Gasteiger charge is 2.23. The van der Waals surface area contributed by atoms with Crippen LogP contribution in [0.2, 0.25) is 0 Å². The molecule has 0 aliphatic carbocycles. The number of hydrogen-bond acceptors (Lipinski definition) is 5. The van der Waals surface area contributed by atoms with Crippen molar-refractivity contribution in [1.29, 1.82) is 0 Å². The molecule has 2 N–H and O–H groups in total. The van der Waals surface area contributed by atoms with E-state index in [0.717, 1.165) is 42.8 Å². The molecule has 0 aromatic carbocycles. The van der Waals surface area contributed by atoms with E-state index in [1.54, 1.807) is 0 Å². The normalized spacial score (nSPS) is 19.2. The van der Waals surface area contributed by atoms with E-state index in [9.17, 15) is 0 Å². The minimum Gasteiger partial charge on any atom is -0.323 e. The van der Waals surface area contributed by atoms with E-state index in [4.69, 9.17) is 0 Å². The summed E-state index contributed by atoms with van der Waals surface area (Å²) in [5.74, 6) is 2.86. The number of H-pyrrole nitrogens is 1. The van der Waals surface area contributed by atoms with E-state index in [-0.39, 0.29) is 0 Å². The first-order valence-electron chi connectivity index (χ1n) is 8.34. The minimum atomic E-state index is 0.817. The average Bonchev–Trinajstić information content (AvgIpc) is 3.08. The Morgan fingerprint density at radius 3 is 2.74 bits per heavy atom. The Morgan fingerprint density at radius 2 is 2.00 bits per heavy atom. The van der Waals surface area contributed by atoms with Gasteiger partial charge in [-0.2, -0.15) is 5.10 Å². The zero-order chi connectivity index (χ0) is 15.6. The molecule has 4 rings (SSSR count). The Bertz CT molecular complexity index is 691. The highest BCUT2D eigenvalue weighted by atomic mass is 15.6. The standard InChI is InChI=1S/C16H23N7/c1-13-10-14(20-19-13)18-16-12-22(11-15-17-6-9-23(15)16)21-7-4-2-3-5-8-21/h6,9-10,12H,2-5,7-8,11H2,1H3,(H2,18,19,20). The first-order chi connectivity index (χ1) is 11.3. The molecule has 0 bridgehead atoms. The van der Waals surface area contributed by atoms with Crippen molar-refractivity contribution in [3.05, 3.63) is 36.2 Å². The van der Waals surface area contributed by atoms with Crippen LogP contribution in [0.25, 0.3) is 5.82 Å². The van der Waals surface area contributed by atoms with Gasteiger partial charge >= 0.3 is 0 Å². The third kappa shape index (κ3) is 2.96. The molecular weight excluding hydrogens is 290 g/mol. The number of nitrogens with zero attached hydrogens (tertiary/aromatic N) is 5. The number of hydrogen-bond donors (Lipinski definition) is 2. The van der Waals surface area contributed by atoms with Crippen molar-refractivity contribution in [2.24, 2.45) is 0 Å². The van der Waals surface area contributed by atoms with Crippen molar-refractivity contribution >= 4 is 11.6 Å². The molecule has 2 aromatic rings. The van der Waals surface area contributed by atoms with E-state index in [1.165, 1.54) is 25.7 Å². The SMILES string of the molecule is Cc1cc(NC2=CN(N3CCCCCC3)Cc3nccn32)n[nH]1. The molecule has 1 saturated heterocycles. The van der Waals surface area contributed by atoms with Gasteiger partial charge in [-0.25, -0.2) is 9.99 Å². The van der Waals surface area contributed by atoms with Gasteiger partial charge in [-0.3, -0.25) is 9.67 Å². The Kier molecular flexibility index (Phi) is 3.78. The number of nitrogens with one attached hydrogen (secondary N) is 2. The molecule has 1 fully saturated rings. The van der Waals surface area contributed by atoms with Crippen LogP contribution in [0.5, 0.6) is 0 Å². The van der Waals surface area contributed by atoms with Crippen LogP contribution in [0.3, 0.4) is 0 Å². The quantitative estimate of drug-likeness (QED) is 0.911. The molecule has 122 valence electrons. The summed E-state index contributed by atoms with van der Waals surface area (Å²) in [6.45, 7) is 5.05. The maximum absolute atomic E-state index is 4.51. The molecular formula is C16H23N7. The lowest BCUT2D eigenvalue weighted by molar-refractivity contribution is 0.0126. The third-order valence-electron chi connectivity index (χ3n) is 4.46. The fourth-order valence-corrected chi connectivity index (χ4v) is 3.26. The monoisotopic (exact) mass is 313 g/mol. The second kappa shape index (κ2) is 6.08. The molecule has 2 aliphatic heterocycles. The topological polar surface area (TPSA) is 65.0 Å². The number of aromatic nitrogens is 4. The highest BCUT2D eigenvalue weighted by molar-refractivity contribution is 5.63. The lowest BCUT2D eigenvalue weighted by Crippen LogP contribution is -2.42. The molecule has 0 amide bonds. The summed E-state index contributed by atoms with van der Waals surface area (Å²) < 4.78 is 2.10. The maximum Gasteiger partial charge on any atom is 0.153 e. The zero-order valence-electron chi connectivity index (χ0n) is 13.5. The van der Waals surface area contributed by atoms with E-state index >= 15 is 0 Å². The fraction of sp³-hybridized carbons (Fsp3) is 0.500. The highest BCUT2D eigenvalue weighted by Crippen LogP contribution is 2.23. The Balaban J connectivity index is 1.60. The first-order valence-corrected chi connectivity index (χ1v) is 8.34. The molecule has 0 radical (unpaired) electrons. The lowest BCUT2D eigenvalue weighted by Gasteiger charge is -2.36. The molecule has 23 heavy (non-hydrogen) atoms. The van der Waals surface area contributed by atoms with Crippen LogP contribution in [0.15, 0.2) is 24.7 Å². The number of hydrazine groups is 1. The number of rotatable bonds is 3. The molecule has 4 heterocycles. The van der Waals surface area contributed by atoms with Gasteiger partial charge in [0.2, 0.25) is 0 Å². The van der Waals surface area contributed by atoms with Crippen molar-refractivity contribution in [3.63, 3.8) is 0 Å². The van der Waals surface area contributed by atoms with Crippen LogP contribution in [-0.2, 0) is 6.54 Å². The summed E-state index contributed by atoms with van der Waals surface area (Å²) in [6, 6.07) is 2.00. The predicted molar refractivity (Wildman–Crippen MR) is 89.0 cm³/mol. The number of aryl methyl sites for hydroxylation is 1.